The number of unbranched alkanes of at least 4 members (excludes halogenated alkanes) is 2. The summed E-state index contributed by atoms with van der Waals surface area (Å²) in [6, 6.07) is 26.4. The van der Waals surface area contributed by atoms with Gasteiger partial charge in [0.1, 0.15) is 47.4 Å². The highest BCUT2D eigenvalue weighted by Gasteiger charge is 2.23. The van der Waals surface area contributed by atoms with Crippen LogP contribution in [0.15, 0.2) is 97.1 Å². The van der Waals surface area contributed by atoms with E-state index in [4.69, 9.17) is 42.6 Å². The van der Waals surface area contributed by atoms with E-state index in [0.717, 1.165) is 44.5 Å². The number of benzene rings is 4. The third kappa shape index (κ3) is 13.0. The van der Waals surface area contributed by atoms with E-state index in [2.05, 4.69) is 0 Å². The van der Waals surface area contributed by atoms with Gasteiger partial charge in [-0.3, -0.25) is 0 Å². The summed E-state index contributed by atoms with van der Waals surface area (Å²) in [5.41, 5.74) is 1.21. The van der Waals surface area contributed by atoms with Crippen LogP contribution < -0.4 is 18.9 Å². The molecule has 2 unspecified atom stereocenters. The van der Waals surface area contributed by atoms with E-state index in [1.807, 2.05) is 30.3 Å². The van der Waals surface area contributed by atoms with Crippen LogP contribution in [0.5, 0.6) is 23.0 Å². The smallest absolute Gasteiger partial charge is 0.343 e. The number of esters is 3. The molecule has 2 atom stereocenters. The minimum atomic E-state index is -0.764. The second-order valence-electron chi connectivity index (χ2n) is 12.7. The number of ether oxygens (including phenoxy) is 9. The Kier molecular flexibility index (Phi) is 14.4. The zero-order valence-electron chi connectivity index (χ0n) is 30.0. The average Bonchev–Trinajstić information content (AvgIpc) is 4.15. The fraction of sp³-hybridized carbons (Fsp3) is 0.357. The SMILES string of the molecule is O=C(Oc1ccc(OC(=O)c2ccc(OCCCCOCC3CO3)cc2)c(C(=O)OCc2ccccc2)c1)c1ccc(OCCCCOCC2CO2)cc1. The summed E-state index contributed by atoms with van der Waals surface area (Å²) in [5.74, 6) is -0.877. The lowest BCUT2D eigenvalue weighted by Gasteiger charge is -2.13. The third-order valence-corrected chi connectivity index (χ3v) is 8.29. The van der Waals surface area contributed by atoms with Gasteiger partial charge in [0.15, 0.2) is 0 Å². The number of hydrogen-bond acceptors (Lipinski definition) is 12. The van der Waals surface area contributed by atoms with Gasteiger partial charge in [-0.15, -0.1) is 0 Å². The van der Waals surface area contributed by atoms with Crippen LogP contribution in [0.4, 0.5) is 0 Å². The van der Waals surface area contributed by atoms with E-state index in [9.17, 15) is 14.4 Å². The predicted molar refractivity (Wildman–Crippen MR) is 195 cm³/mol. The van der Waals surface area contributed by atoms with Crippen molar-refractivity contribution in [3.63, 3.8) is 0 Å². The Morgan fingerprint density at radius 1 is 0.556 bits per heavy atom. The summed E-state index contributed by atoms with van der Waals surface area (Å²) in [5, 5.41) is 0. The Bertz CT molecular complexity index is 1780. The first-order valence-electron chi connectivity index (χ1n) is 18.1. The monoisotopic (exact) mass is 740 g/mol. The average molecular weight is 741 g/mol. The number of rotatable bonds is 23. The van der Waals surface area contributed by atoms with Gasteiger partial charge < -0.3 is 42.6 Å². The van der Waals surface area contributed by atoms with Crippen molar-refractivity contribution in [1.82, 2.24) is 0 Å². The molecule has 12 nitrogen and oxygen atoms in total. The first kappa shape index (κ1) is 38.5. The van der Waals surface area contributed by atoms with Crippen molar-refractivity contribution in [2.75, 3.05) is 52.9 Å². The fourth-order valence-corrected chi connectivity index (χ4v) is 5.07. The number of hydrogen-bond donors (Lipinski definition) is 0. The highest BCUT2D eigenvalue weighted by Crippen LogP contribution is 2.28. The molecule has 0 aromatic heterocycles. The van der Waals surface area contributed by atoms with Crippen LogP contribution in [0.3, 0.4) is 0 Å². The van der Waals surface area contributed by atoms with Crippen LogP contribution in [-0.4, -0.2) is 83.0 Å². The summed E-state index contributed by atoms with van der Waals surface area (Å²) >= 11 is 0. The van der Waals surface area contributed by atoms with Gasteiger partial charge in [0.05, 0.1) is 50.8 Å². The standard InChI is InChI=1S/C42H44O12/c43-40(31-10-14-33(15-11-31)48-22-6-4-20-46-26-36-28-50-36)53-35-18-19-39(38(24-35)42(45)52-25-30-8-2-1-3-9-30)54-41(44)32-12-16-34(17-13-32)49-23-7-5-21-47-27-37-29-51-37/h1-3,8-19,24,36-37H,4-7,20-23,25-29H2. The molecule has 2 saturated heterocycles. The normalized spacial score (nSPS) is 15.6. The molecule has 284 valence electrons. The minimum Gasteiger partial charge on any atom is -0.494 e. The van der Waals surface area contributed by atoms with Gasteiger partial charge in [-0.05, 0) is 98.0 Å². The van der Waals surface area contributed by atoms with Gasteiger partial charge in [-0.25, -0.2) is 14.4 Å². The second-order valence-corrected chi connectivity index (χ2v) is 12.7. The van der Waals surface area contributed by atoms with E-state index in [1.54, 1.807) is 48.5 Å². The van der Waals surface area contributed by atoms with Gasteiger partial charge >= 0.3 is 17.9 Å². The maximum Gasteiger partial charge on any atom is 0.343 e. The van der Waals surface area contributed by atoms with Crippen LogP contribution in [0.25, 0.3) is 0 Å². The molecular weight excluding hydrogens is 696 g/mol. The Labute approximate surface area is 314 Å². The lowest BCUT2D eigenvalue weighted by atomic mass is 10.1. The highest BCUT2D eigenvalue weighted by molar-refractivity contribution is 5.97. The molecule has 6 rings (SSSR count). The van der Waals surface area contributed by atoms with Gasteiger partial charge in [0.2, 0.25) is 0 Å². The van der Waals surface area contributed by atoms with Crippen molar-refractivity contribution in [3.8, 4) is 23.0 Å². The van der Waals surface area contributed by atoms with Crippen LogP contribution in [0, 0.1) is 0 Å². The summed E-state index contributed by atoms with van der Waals surface area (Å²) < 4.78 is 49.7. The largest absolute Gasteiger partial charge is 0.494 e. The number of epoxide rings is 2. The zero-order valence-corrected chi connectivity index (χ0v) is 30.0. The molecule has 4 aromatic carbocycles. The molecule has 2 aliphatic rings. The molecule has 54 heavy (non-hydrogen) atoms. The molecule has 12 heteroatoms. The first-order valence-corrected chi connectivity index (χ1v) is 18.1. The molecule has 0 radical (unpaired) electrons. The van der Waals surface area contributed by atoms with Gasteiger partial charge in [0.25, 0.3) is 0 Å². The summed E-state index contributed by atoms with van der Waals surface area (Å²) in [6.45, 7) is 5.14. The maximum atomic E-state index is 13.3. The predicted octanol–water partition coefficient (Wildman–Crippen LogP) is 6.63. The second kappa shape index (κ2) is 20.3. The molecule has 2 fully saturated rings. The Morgan fingerprint density at radius 2 is 1.06 bits per heavy atom. The van der Waals surface area contributed by atoms with Crippen molar-refractivity contribution in [2.45, 2.75) is 44.5 Å². The molecule has 0 amide bonds. The summed E-state index contributed by atoms with van der Waals surface area (Å²) in [7, 11) is 0. The van der Waals surface area contributed by atoms with E-state index >= 15 is 0 Å². The lowest BCUT2D eigenvalue weighted by molar-refractivity contribution is 0.0465. The topological polar surface area (TPSA) is 141 Å². The molecule has 0 bridgehead atoms. The van der Waals surface area contributed by atoms with Crippen LogP contribution in [0.2, 0.25) is 0 Å². The number of carbonyl (C=O) groups is 3. The quantitative estimate of drug-likeness (QED) is 0.0349. The third-order valence-electron chi connectivity index (χ3n) is 8.29. The molecule has 0 aliphatic carbocycles. The lowest BCUT2D eigenvalue weighted by Crippen LogP contribution is -2.14. The molecule has 2 aliphatic heterocycles. The van der Waals surface area contributed by atoms with Crippen molar-refractivity contribution in [1.29, 1.82) is 0 Å². The van der Waals surface area contributed by atoms with Crippen LogP contribution in [0.1, 0.15) is 62.3 Å². The molecular formula is C42H44O12. The van der Waals surface area contributed by atoms with Gasteiger partial charge in [-0.2, -0.15) is 0 Å². The van der Waals surface area contributed by atoms with E-state index in [1.165, 1.54) is 18.2 Å². The molecule has 0 N–H and O–H groups in total. The van der Waals surface area contributed by atoms with Crippen molar-refractivity contribution >= 4 is 17.9 Å². The Hall–Kier alpha value is -5.27. The summed E-state index contributed by atoms with van der Waals surface area (Å²) in [4.78, 5) is 39.6. The molecule has 0 spiro atoms. The van der Waals surface area contributed by atoms with Gasteiger partial charge in [-0.1, -0.05) is 30.3 Å². The van der Waals surface area contributed by atoms with Crippen LogP contribution in [-0.2, 0) is 30.3 Å². The van der Waals surface area contributed by atoms with Crippen molar-refractivity contribution in [2.24, 2.45) is 0 Å². The maximum absolute atomic E-state index is 13.3. The molecule has 4 aromatic rings. The Morgan fingerprint density at radius 3 is 1.59 bits per heavy atom. The van der Waals surface area contributed by atoms with Gasteiger partial charge in [0, 0.05) is 13.2 Å². The van der Waals surface area contributed by atoms with E-state index in [-0.39, 0.29) is 47.0 Å². The first-order chi connectivity index (χ1) is 26.5. The Balaban J connectivity index is 1.02. The van der Waals surface area contributed by atoms with Crippen molar-refractivity contribution in [3.05, 3.63) is 119 Å². The molecule has 0 saturated carbocycles. The fourth-order valence-electron chi connectivity index (χ4n) is 5.07. The van der Waals surface area contributed by atoms with E-state index in [0.29, 0.717) is 51.1 Å². The zero-order chi connectivity index (χ0) is 37.4. The minimum absolute atomic E-state index is 0.0148. The van der Waals surface area contributed by atoms with Crippen LogP contribution >= 0.6 is 0 Å². The summed E-state index contributed by atoms with van der Waals surface area (Å²) in [6.07, 6.45) is 3.89. The highest BCUT2D eigenvalue weighted by atomic mass is 16.6. The number of carbonyl (C=O) groups excluding carboxylic acids is 3. The van der Waals surface area contributed by atoms with E-state index < -0.39 is 17.9 Å². The molecule has 2 heterocycles. The van der Waals surface area contributed by atoms with Crippen molar-refractivity contribution < 1.29 is 57.0 Å².